The minimum Gasteiger partial charge on any atom is -0.480 e. The first kappa shape index (κ1) is 25.0. The maximum absolute atomic E-state index is 12.5. The summed E-state index contributed by atoms with van der Waals surface area (Å²) in [5.74, 6) is -0.423. The second-order valence-electron chi connectivity index (χ2n) is 6.90. The van der Waals surface area contributed by atoms with Crippen molar-refractivity contribution in [1.29, 1.82) is 0 Å². The number of nitrogens with one attached hydrogen (secondary N) is 2. The second-order valence-corrected chi connectivity index (χ2v) is 7.98. The van der Waals surface area contributed by atoms with E-state index in [2.05, 4.69) is 24.5 Å². The standard InChI is InChI=1S/C21H32N2O5S/c1-5-14(3)17(23-19(24)16-10-8-7-9-11-16)12-29-13-18(21(27)28-6-2)22-15(4)20(25)26/h7-11,14-15,17-18,22H,5-6,12-13H2,1-4H3,(H,23,24)(H,25,26)/t14-,15-,17+,18-/m0/s1. The van der Waals surface area contributed by atoms with Crippen LogP contribution in [-0.2, 0) is 14.3 Å². The number of hydrogen-bond acceptors (Lipinski definition) is 6. The third-order valence-electron chi connectivity index (χ3n) is 4.66. The molecule has 0 fully saturated rings. The zero-order chi connectivity index (χ0) is 21.8. The molecule has 162 valence electrons. The number of thioether (sulfide) groups is 1. The van der Waals surface area contributed by atoms with Gasteiger partial charge in [0, 0.05) is 23.1 Å². The van der Waals surface area contributed by atoms with E-state index < -0.39 is 24.0 Å². The zero-order valence-corrected chi connectivity index (χ0v) is 18.3. The number of carboxylic acid groups (broad SMARTS) is 1. The van der Waals surface area contributed by atoms with Crippen molar-refractivity contribution < 1.29 is 24.2 Å². The lowest BCUT2D eigenvalue weighted by molar-refractivity contribution is -0.146. The highest BCUT2D eigenvalue weighted by Crippen LogP contribution is 2.16. The zero-order valence-electron chi connectivity index (χ0n) is 17.5. The van der Waals surface area contributed by atoms with E-state index >= 15 is 0 Å². The van der Waals surface area contributed by atoms with E-state index in [4.69, 9.17) is 9.84 Å². The van der Waals surface area contributed by atoms with Crippen LogP contribution in [0.15, 0.2) is 30.3 Å². The summed E-state index contributed by atoms with van der Waals surface area (Å²) in [6, 6.07) is 7.37. The van der Waals surface area contributed by atoms with Gasteiger partial charge in [-0.15, -0.1) is 0 Å². The largest absolute Gasteiger partial charge is 0.480 e. The number of ether oxygens (including phenoxy) is 1. The van der Waals surface area contributed by atoms with Gasteiger partial charge in [-0.05, 0) is 31.9 Å². The predicted molar refractivity (Wildman–Crippen MR) is 115 cm³/mol. The van der Waals surface area contributed by atoms with Gasteiger partial charge in [0.2, 0.25) is 0 Å². The van der Waals surface area contributed by atoms with Crippen molar-refractivity contribution in [2.45, 2.75) is 52.2 Å². The van der Waals surface area contributed by atoms with Crippen molar-refractivity contribution >= 4 is 29.6 Å². The fraction of sp³-hybridized carbons (Fsp3) is 0.571. The number of benzene rings is 1. The first-order valence-electron chi connectivity index (χ1n) is 9.89. The Labute approximate surface area is 177 Å². The Bertz CT molecular complexity index is 656. The molecule has 0 aliphatic heterocycles. The van der Waals surface area contributed by atoms with Crippen LogP contribution in [0.4, 0.5) is 0 Å². The molecular formula is C21H32N2O5S. The van der Waals surface area contributed by atoms with Crippen molar-refractivity contribution in [3.63, 3.8) is 0 Å². The average molecular weight is 425 g/mol. The summed E-state index contributed by atoms with van der Waals surface area (Å²) in [4.78, 5) is 35.8. The van der Waals surface area contributed by atoms with Crippen LogP contribution in [0.1, 0.15) is 44.5 Å². The first-order valence-corrected chi connectivity index (χ1v) is 11.0. The third kappa shape index (κ3) is 8.87. The molecule has 8 heteroatoms. The molecule has 0 spiro atoms. The molecule has 0 unspecified atom stereocenters. The van der Waals surface area contributed by atoms with Gasteiger partial charge in [-0.25, -0.2) is 0 Å². The Kier molecular flexibility index (Phi) is 11.4. The molecule has 4 atom stereocenters. The number of rotatable bonds is 13. The lowest BCUT2D eigenvalue weighted by Crippen LogP contribution is -2.48. The second kappa shape index (κ2) is 13.2. The van der Waals surface area contributed by atoms with E-state index in [1.54, 1.807) is 19.1 Å². The number of carboxylic acids is 1. The topological polar surface area (TPSA) is 105 Å². The van der Waals surface area contributed by atoms with Crippen LogP contribution in [0.2, 0.25) is 0 Å². The monoisotopic (exact) mass is 424 g/mol. The van der Waals surface area contributed by atoms with Gasteiger partial charge in [-0.2, -0.15) is 11.8 Å². The molecule has 0 saturated heterocycles. The number of amides is 1. The molecule has 0 bridgehead atoms. The van der Waals surface area contributed by atoms with Gasteiger partial charge in [-0.3, -0.25) is 19.7 Å². The molecular weight excluding hydrogens is 392 g/mol. The molecule has 0 aliphatic carbocycles. The van der Waals surface area contributed by atoms with Crippen molar-refractivity contribution in [3.05, 3.63) is 35.9 Å². The highest BCUT2D eigenvalue weighted by Gasteiger charge is 2.26. The normalized spacial score (nSPS) is 15.0. The Morgan fingerprint density at radius 3 is 2.31 bits per heavy atom. The summed E-state index contributed by atoms with van der Waals surface area (Å²) in [5, 5.41) is 15.0. The molecule has 3 N–H and O–H groups in total. The molecule has 1 rings (SSSR count). The molecule has 7 nitrogen and oxygen atoms in total. The Morgan fingerprint density at radius 2 is 1.76 bits per heavy atom. The summed E-state index contributed by atoms with van der Waals surface area (Å²) in [6.07, 6.45) is 0.899. The number of aliphatic carboxylic acids is 1. The number of carbonyl (C=O) groups is 3. The van der Waals surface area contributed by atoms with E-state index in [1.165, 1.54) is 18.7 Å². The van der Waals surface area contributed by atoms with Gasteiger partial charge in [0.05, 0.1) is 6.61 Å². The van der Waals surface area contributed by atoms with Gasteiger partial charge >= 0.3 is 11.9 Å². The lowest BCUT2D eigenvalue weighted by Gasteiger charge is -2.25. The predicted octanol–water partition coefficient (Wildman–Crippen LogP) is 2.56. The van der Waals surface area contributed by atoms with Crippen molar-refractivity contribution in [2.75, 3.05) is 18.1 Å². The van der Waals surface area contributed by atoms with E-state index in [9.17, 15) is 14.4 Å². The maximum atomic E-state index is 12.5. The molecule has 1 aromatic carbocycles. The maximum Gasteiger partial charge on any atom is 0.324 e. The number of esters is 1. The van der Waals surface area contributed by atoms with Crippen molar-refractivity contribution in [1.82, 2.24) is 10.6 Å². The summed E-state index contributed by atoms with van der Waals surface area (Å²) in [6.45, 7) is 7.56. The molecule has 0 saturated carbocycles. The van der Waals surface area contributed by atoms with Crippen LogP contribution in [-0.4, -0.2) is 59.2 Å². The summed E-state index contributed by atoms with van der Waals surface area (Å²) < 4.78 is 5.06. The average Bonchev–Trinajstić information content (AvgIpc) is 2.71. The minimum absolute atomic E-state index is 0.0718. The van der Waals surface area contributed by atoms with Gasteiger partial charge < -0.3 is 15.2 Å². The molecule has 0 heterocycles. The highest BCUT2D eigenvalue weighted by atomic mass is 32.2. The lowest BCUT2D eigenvalue weighted by atomic mass is 10.0. The van der Waals surface area contributed by atoms with E-state index in [0.29, 0.717) is 17.1 Å². The Morgan fingerprint density at radius 1 is 1.10 bits per heavy atom. The third-order valence-corrected chi connectivity index (χ3v) is 5.82. The highest BCUT2D eigenvalue weighted by molar-refractivity contribution is 7.99. The van der Waals surface area contributed by atoms with Crippen LogP contribution < -0.4 is 10.6 Å². The Balaban J connectivity index is 2.71. The van der Waals surface area contributed by atoms with E-state index in [-0.39, 0.29) is 24.5 Å². The van der Waals surface area contributed by atoms with Gasteiger partial charge in [0.15, 0.2) is 0 Å². The molecule has 0 aliphatic rings. The fourth-order valence-electron chi connectivity index (χ4n) is 2.59. The molecule has 0 radical (unpaired) electrons. The summed E-state index contributed by atoms with van der Waals surface area (Å²) >= 11 is 1.49. The van der Waals surface area contributed by atoms with E-state index in [0.717, 1.165) is 6.42 Å². The van der Waals surface area contributed by atoms with Crippen molar-refractivity contribution in [2.24, 2.45) is 5.92 Å². The number of carbonyl (C=O) groups excluding carboxylic acids is 2. The first-order chi connectivity index (χ1) is 13.8. The molecule has 0 aromatic heterocycles. The molecule has 29 heavy (non-hydrogen) atoms. The van der Waals surface area contributed by atoms with Crippen LogP contribution in [0, 0.1) is 5.92 Å². The van der Waals surface area contributed by atoms with Crippen LogP contribution in [0.5, 0.6) is 0 Å². The molecule has 1 aromatic rings. The van der Waals surface area contributed by atoms with Gasteiger partial charge in [-0.1, -0.05) is 38.5 Å². The fourth-order valence-corrected chi connectivity index (χ4v) is 3.86. The molecule has 1 amide bonds. The quantitative estimate of drug-likeness (QED) is 0.418. The van der Waals surface area contributed by atoms with Gasteiger partial charge in [0.1, 0.15) is 12.1 Å². The van der Waals surface area contributed by atoms with Crippen LogP contribution in [0.3, 0.4) is 0 Å². The number of hydrogen-bond donors (Lipinski definition) is 3. The van der Waals surface area contributed by atoms with Crippen LogP contribution in [0.25, 0.3) is 0 Å². The van der Waals surface area contributed by atoms with Gasteiger partial charge in [0.25, 0.3) is 5.91 Å². The summed E-state index contributed by atoms with van der Waals surface area (Å²) in [7, 11) is 0. The van der Waals surface area contributed by atoms with E-state index in [1.807, 2.05) is 18.2 Å². The van der Waals surface area contributed by atoms with Crippen molar-refractivity contribution in [3.8, 4) is 0 Å². The summed E-state index contributed by atoms with van der Waals surface area (Å²) in [5.41, 5.74) is 0.604. The smallest absolute Gasteiger partial charge is 0.324 e. The van der Waals surface area contributed by atoms with Crippen LogP contribution >= 0.6 is 11.8 Å². The SMILES string of the molecule is CCOC(=O)[C@H](CSC[C@@H](NC(=O)c1ccccc1)[C@@H](C)CC)N[C@@H](C)C(=O)O. The Hall–Kier alpha value is -2.06. The minimum atomic E-state index is -1.03.